The van der Waals surface area contributed by atoms with Crippen molar-refractivity contribution in [3.8, 4) is 0 Å². The van der Waals surface area contributed by atoms with E-state index in [2.05, 4.69) is 15.0 Å². The largest absolute Gasteiger partial charge is 0.465 e. The van der Waals surface area contributed by atoms with Crippen molar-refractivity contribution < 1.29 is 18.7 Å². The molecule has 20 heavy (non-hydrogen) atoms. The van der Waals surface area contributed by atoms with Gasteiger partial charge in [0.1, 0.15) is 5.76 Å². The number of carbonyl (C=O) groups is 2. The van der Waals surface area contributed by atoms with Gasteiger partial charge in [-0.05, 0) is 25.1 Å². The van der Waals surface area contributed by atoms with E-state index in [1.807, 2.05) is 0 Å². The van der Waals surface area contributed by atoms with E-state index >= 15 is 0 Å². The molecule has 0 fully saturated rings. The minimum Gasteiger partial charge on any atom is -0.465 e. The maximum atomic E-state index is 11.9. The summed E-state index contributed by atoms with van der Waals surface area (Å²) in [4.78, 5) is 27.2. The third kappa shape index (κ3) is 3.23. The first-order valence-electron chi connectivity index (χ1n) is 5.97. The van der Waals surface area contributed by atoms with E-state index in [1.165, 1.54) is 13.5 Å². The second-order valence-corrected chi connectivity index (χ2v) is 4.16. The van der Waals surface area contributed by atoms with Crippen molar-refractivity contribution in [2.75, 3.05) is 12.4 Å². The smallest absolute Gasteiger partial charge is 0.337 e. The van der Waals surface area contributed by atoms with Crippen LogP contribution in [0.25, 0.3) is 0 Å². The molecule has 2 rings (SSSR count). The molecule has 0 saturated heterocycles. The molecule has 1 N–H and O–H groups in total. The molecule has 0 radical (unpaired) electrons. The van der Waals surface area contributed by atoms with Gasteiger partial charge in [0.2, 0.25) is 5.91 Å². The molecule has 6 heteroatoms. The lowest BCUT2D eigenvalue weighted by Gasteiger charge is -2.06. The summed E-state index contributed by atoms with van der Waals surface area (Å²) in [5.74, 6) is -0.175. The van der Waals surface area contributed by atoms with E-state index < -0.39 is 5.97 Å². The van der Waals surface area contributed by atoms with Gasteiger partial charge in [-0.25, -0.2) is 9.78 Å². The Morgan fingerprint density at radius 2 is 2.20 bits per heavy atom. The molecule has 104 valence electrons. The molecular weight excluding hydrogens is 260 g/mol. The SMILES string of the molecule is COC(=O)c1cccc(NC(=O)Cc2ocnc2C)c1. The van der Waals surface area contributed by atoms with Gasteiger partial charge in [0, 0.05) is 5.69 Å². The molecule has 0 aliphatic heterocycles. The second kappa shape index (κ2) is 6.01. The molecule has 1 aromatic heterocycles. The van der Waals surface area contributed by atoms with Crippen LogP contribution in [-0.2, 0) is 16.0 Å². The Bertz CT molecular complexity index is 634. The number of esters is 1. The quantitative estimate of drug-likeness (QED) is 0.862. The van der Waals surface area contributed by atoms with Gasteiger partial charge in [0.25, 0.3) is 0 Å². The molecular formula is C14H14N2O4. The summed E-state index contributed by atoms with van der Waals surface area (Å²) in [6, 6.07) is 6.53. The summed E-state index contributed by atoms with van der Waals surface area (Å²) in [7, 11) is 1.31. The number of hydrogen-bond acceptors (Lipinski definition) is 5. The van der Waals surface area contributed by atoms with E-state index in [0.717, 1.165) is 0 Å². The van der Waals surface area contributed by atoms with Crippen LogP contribution in [0.1, 0.15) is 21.8 Å². The zero-order valence-corrected chi connectivity index (χ0v) is 11.2. The van der Waals surface area contributed by atoms with Gasteiger partial charge < -0.3 is 14.5 Å². The van der Waals surface area contributed by atoms with Gasteiger partial charge in [-0.3, -0.25) is 4.79 Å². The van der Waals surface area contributed by atoms with Gasteiger partial charge in [0.05, 0.1) is 24.8 Å². The van der Waals surface area contributed by atoms with E-state index in [0.29, 0.717) is 22.7 Å². The normalized spacial score (nSPS) is 10.1. The number of anilines is 1. The third-order valence-corrected chi connectivity index (χ3v) is 2.73. The summed E-state index contributed by atoms with van der Waals surface area (Å²) in [6.45, 7) is 1.77. The maximum absolute atomic E-state index is 11.9. The standard InChI is InChI=1S/C14H14N2O4/c1-9-12(20-8-15-9)7-13(17)16-11-5-3-4-10(6-11)14(18)19-2/h3-6,8H,7H2,1-2H3,(H,16,17). The first-order valence-corrected chi connectivity index (χ1v) is 5.97. The van der Waals surface area contributed by atoms with Crippen molar-refractivity contribution in [2.45, 2.75) is 13.3 Å². The highest BCUT2D eigenvalue weighted by Gasteiger charge is 2.11. The van der Waals surface area contributed by atoms with Gasteiger partial charge in [-0.2, -0.15) is 0 Å². The number of carbonyl (C=O) groups excluding carboxylic acids is 2. The van der Waals surface area contributed by atoms with Crippen LogP contribution in [0.4, 0.5) is 5.69 Å². The minimum atomic E-state index is -0.452. The number of methoxy groups -OCH3 is 1. The molecule has 6 nitrogen and oxygen atoms in total. The summed E-state index contributed by atoms with van der Waals surface area (Å²) >= 11 is 0. The summed E-state index contributed by atoms with van der Waals surface area (Å²) in [5.41, 5.74) is 1.58. The highest BCUT2D eigenvalue weighted by molar-refractivity contribution is 5.95. The molecule has 0 atom stereocenters. The monoisotopic (exact) mass is 274 g/mol. The number of nitrogens with one attached hydrogen (secondary N) is 1. The topological polar surface area (TPSA) is 81.4 Å². The number of aromatic nitrogens is 1. The van der Waals surface area contributed by atoms with Crippen LogP contribution < -0.4 is 5.32 Å². The van der Waals surface area contributed by atoms with Crippen LogP contribution in [-0.4, -0.2) is 24.0 Å². The first-order chi connectivity index (χ1) is 9.60. The van der Waals surface area contributed by atoms with Gasteiger partial charge in [-0.15, -0.1) is 0 Å². The van der Waals surface area contributed by atoms with Crippen molar-refractivity contribution >= 4 is 17.6 Å². The Morgan fingerprint density at radius 1 is 1.40 bits per heavy atom. The molecule has 0 saturated carbocycles. The number of aryl methyl sites for hydroxylation is 1. The lowest BCUT2D eigenvalue weighted by Crippen LogP contribution is -2.15. The van der Waals surface area contributed by atoms with Gasteiger partial charge >= 0.3 is 5.97 Å². The average Bonchev–Trinajstić information content (AvgIpc) is 2.83. The summed E-state index contributed by atoms with van der Waals surface area (Å²) < 4.78 is 9.73. The molecule has 2 aromatic rings. The Balaban J connectivity index is 2.04. The van der Waals surface area contributed by atoms with E-state index in [-0.39, 0.29) is 12.3 Å². The van der Waals surface area contributed by atoms with E-state index in [9.17, 15) is 9.59 Å². The highest BCUT2D eigenvalue weighted by atomic mass is 16.5. The number of hydrogen-bond donors (Lipinski definition) is 1. The third-order valence-electron chi connectivity index (χ3n) is 2.73. The zero-order valence-electron chi connectivity index (χ0n) is 11.2. The summed E-state index contributed by atoms with van der Waals surface area (Å²) in [5, 5.41) is 2.69. The van der Waals surface area contributed by atoms with Crippen LogP contribution >= 0.6 is 0 Å². The fourth-order valence-electron chi connectivity index (χ4n) is 1.69. The van der Waals surface area contributed by atoms with Gasteiger partial charge in [0.15, 0.2) is 6.39 Å². The zero-order chi connectivity index (χ0) is 14.5. The highest BCUT2D eigenvalue weighted by Crippen LogP contribution is 2.13. The molecule has 1 heterocycles. The molecule has 1 aromatic carbocycles. The van der Waals surface area contributed by atoms with Crippen LogP contribution in [0, 0.1) is 6.92 Å². The van der Waals surface area contributed by atoms with Crippen molar-refractivity contribution in [1.82, 2.24) is 4.98 Å². The van der Waals surface area contributed by atoms with Crippen molar-refractivity contribution in [3.05, 3.63) is 47.7 Å². The fourth-order valence-corrected chi connectivity index (χ4v) is 1.69. The Kier molecular flexibility index (Phi) is 4.14. The Morgan fingerprint density at radius 3 is 2.85 bits per heavy atom. The van der Waals surface area contributed by atoms with Crippen LogP contribution in [0.3, 0.4) is 0 Å². The number of nitrogens with zero attached hydrogens (tertiary/aromatic N) is 1. The number of benzene rings is 1. The van der Waals surface area contributed by atoms with Crippen molar-refractivity contribution in [1.29, 1.82) is 0 Å². The lowest BCUT2D eigenvalue weighted by molar-refractivity contribution is -0.115. The predicted octanol–water partition coefficient (Wildman–Crippen LogP) is 1.95. The van der Waals surface area contributed by atoms with Gasteiger partial charge in [-0.1, -0.05) is 6.07 Å². The summed E-state index contributed by atoms with van der Waals surface area (Å²) in [6.07, 6.45) is 1.39. The predicted molar refractivity (Wildman–Crippen MR) is 71.4 cm³/mol. The van der Waals surface area contributed by atoms with Crippen LogP contribution in [0.5, 0.6) is 0 Å². The molecule has 1 amide bonds. The molecule has 0 spiro atoms. The molecule has 0 aliphatic rings. The van der Waals surface area contributed by atoms with E-state index in [4.69, 9.17) is 4.42 Å². The number of ether oxygens (including phenoxy) is 1. The van der Waals surface area contributed by atoms with Crippen molar-refractivity contribution in [2.24, 2.45) is 0 Å². The Labute approximate surface area is 115 Å². The maximum Gasteiger partial charge on any atom is 0.337 e. The average molecular weight is 274 g/mol. The number of amides is 1. The Hall–Kier alpha value is -2.63. The van der Waals surface area contributed by atoms with Crippen LogP contribution in [0.15, 0.2) is 35.1 Å². The number of rotatable bonds is 4. The van der Waals surface area contributed by atoms with Crippen LogP contribution in [0.2, 0.25) is 0 Å². The van der Waals surface area contributed by atoms with E-state index in [1.54, 1.807) is 31.2 Å². The fraction of sp³-hybridized carbons (Fsp3) is 0.214. The minimum absolute atomic E-state index is 0.0916. The number of oxazole rings is 1. The lowest BCUT2D eigenvalue weighted by atomic mass is 10.2. The molecule has 0 unspecified atom stereocenters. The molecule has 0 aliphatic carbocycles. The molecule has 0 bridgehead atoms. The second-order valence-electron chi connectivity index (χ2n) is 4.16. The van der Waals surface area contributed by atoms with Crippen molar-refractivity contribution in [3.63, 3.8) is 0 Å². The first kappa shape index (κ1) is 13.8.